The molecule has 1 nitrogen and oxygen atoms in total. The zero-order chi connectivity index (χ0) is 31.8. The first-order valence-electron chi connectivity index (χ1n) is 17.9. The van der Waals surface area contributed by atoms with Crippen molar-refractivity contribution < 1.29 is 0 Å². The lowest BCUT2D eigenvalue weighted by Gasteiger charge is -2.36. The lowest BCUT2D eigenvalue weighted by molar-refractivity contribution is 0.373. The second-order valence-corrected chi connectivity index (χ2v) is 14.2. The number of hydrogen-bond donors (Lipinski definition) is 1. The van der Waals surface area contributed by atoms with Crippen molar-refractivity contribution in [2.45, 2.75) is 103 Å². The van der Waals surface area contributed by atoms with E-state index in [9.17, 15) is 0 Å². The van der Waals surface area contributed by atoms with Gasteiger partial charge in [-0.2, -0.15) is 0 Å². The highest BCUT2D eigenvalue weighted by Crippen LogP contribution is 2.43. The Bertz CT molecular complexity index is 1130. The molecular formula is C44H60ClN. The predicted octanol–water partition coefficient (Wildman–Crippen LogP) is 12.2. The fourth-order valence-electron chi connectivity index (χ4n) is 7.55. The lowest BCUT2D eigenvalue weighted by atomic mass is 9.68. The van der Waals surface area contributed by atoms with Crippen molar-refractivity contribution in [1.82, 2.24) is 5.32 Å². The van der Waals surface area contributed by atoms with E-state index in [0.717, 1.165) is 24.9 Å². The zero-order valence-electron chi connectivity index (χ0n) is 29.1. The van der Waals surface area contributed by atoms with Gasteiger partial charge in [-0.1, -0.05) is 175 Å². The molecule has 0 heterocycles. The Labute approximate surface area is 288 Å². The van der Waals surface area contributed by atoms with Gasteiger partial charge in [0.25, 0.3) is 0 Å². The molecule has 0 unspecified atom stereocenters. The highest BCUT2D eigenvalue weighted by atomic mass is 35.5. The average molecular weight is 638 g/mol. The van der Waals surface area contributed by atoms with E-state index in [-0.39, 0.29) is 23.2 Å². The van der Waals surface area contributed by atoms with Crippen molar-refractivity contribution in [1.29, 1.82) is 0 Å². The first kappa shape index (κ1) is 37.6. The van der Waals surface area contributed by atoms with Crippen molar-refractivity contribution in [2.24, 2.45) is 11.8 Å². The largest absolute Gasteiger partial charge is 0.317 e. The fourth-order valence-corrected chi connectivity index (χ4v) is 7.55. The van der Waals surface area contributed by atoms with E-state index >= 15 is 0 Å². The first-order valence-corrected chi connectivity index (χ1v) is 17.9. The minimum atomic E-state index is 0. The van der Waals surface area contributed by atoms with Crippen molar-refractivity contribution in [3.05, 3.63) is 144 Å². The number of halogens is 1. The summed E-state index contributed by atoms with van der Waals surface area (Å²) < 4.78 is 0. The summed E-state index contributed by atoms with van der Waals surface area (Å²) in [6.07, 6.45) is 12.1. The molecule has 0 aliphatic carbocycles. The van der Waals surface area contributed by atoms with Crippen LogP contribution >= 0.6 is 12.4 Å². The molecule has 4 aromatic carbocycles. The molecule has 0 saturated carbocycles. The summed E-state index contributed by atoms with van der Waals surface area (Å²) in [4.78, 5) is 0. The molecule has 0 atom stereocenters. The summed E-state index contributed by atoms with van der Waals surface area (Å²) in [5.74, 6) is 1.47. The molecule has 248 valence electrons. The summed E-state index contributed by atoms with van der Waals surface area (Å²) >= 11 is 0. The lowest BCUT2D eigenvalue weighted by Crippen LogP contribution is -2.31. The van der Waals surface area contributed by atoms with Crippen LogP contribution in [0.15, 0.2) is 121 Å². The van der Waals surface area contributed by atoms with Gasteiger partial charge in [0, 0.05) is 10.8 Å². The molecular weight excluding hydrogens is 578 g/mol. The smallest absolute Gasteiger partial charge is 0.0203 e. The van der Waals surface area contributed by atoms with Gasteiger partial charge in [0.15, 0.2) is 0 Å². The first-order chi connectivity index (χ1) is 22.0. The highest BCUT2D eigenvalue weighted by Gasteiger charge is 2.34. The molecule has 2 heteroatoms. The van der Waals surface area contributed by atoms with Crippen LogP contribution in [-0.4, -0.2) is 13.1 Å². The van der Waals surface area contributed by atoms with Crippen molar-refractivity contribution in [3.8, 4) is 0 Å². The Kier molecular flexibility index (Phi) is 16.1. The summed E-state index contributed by atoms with van der Waals surface area (Å²) in [6.45, 7) is 11.5. The van der Waals surface area contributed by atoms with Crippen molar-refractivity contribution >= 4 is 12.4 Å². The standard InChI is InChI=1S/C44H59N.ClH/c1-37(2)21-17-31-43(39-23-9-5-10-24-39,40-25-11-6-12-26-40)33-19-35-45-36-20-34-44(32-18-22-38(3)4,41-27-13-7-14-28-41)42-29-15-8-16-30-42;/h5-16,23-30,37-38,45H,17-22,31-36H2,1-4H3;1H. The van der Waals surface area contributed by atoms with Gasteiger partial charge < -0.3 is 5.32 Å². The number of benzene rings is 4. The minimum absolute atomic E-state index is 0. The third kappa shape index (κ3) is 10.6. The molecule has 46 heavy (non-hydrogen) atoms. The number of rotatable bonds is 20. The van der Waals surface area contributed by atoms with Crippen LogP contribution in [0.4, 0.5) is 0 Å². The summed E-state index contributed by atoms with van der Waals surface area (Å²) in [6, 6.07) is 45.3. The Morgan fingerprint density at radius 2 is 0.674 bits per heavy atom. The molecule has 1 N–H and O–H groups in total. The third-order valence-electron chi connectivity index (χ3n) is 9.99. The van der Waals surface area contributed by atoms with Crippen LogP contribution in [0.5, 0.6) is 0 Å². The van der Waals surface area contributed by atoms with Crippen molar-refractivity contribution in [2.75, 3.05) is 13.1 Å². The second-order valence-electron chi connectivity index (χ2n) is 14.2. The molecule has 0 aromatic heterocycles. The van der Waals surface area contributed by atoms with Gasteiger partial charge in [-0.05, 0) is 85.7 Å². The maximum absolute atomic E-state index is 3.89. The summed E-state index contributed by atoms with van der Waals surface area (Å²) in [5, 5.41) is 3.89. The summed E-state index contributed by atoms with van der Waals surface area (Å²) in [5.41, 5.74) is 6.00. The van der Waals surface area contributed by atoms with Gasteiger partial charge in [0.05, 0.1) is 0 Å². The van der Waals surface area contributed by atoms with Gasteiger partial charge >= 0.3 is 0 Å². The molecule has 0 radical (unpaired) electrons. The van der Waals surface area contributed by atoms with Gasteiger partial charge in [0.2, 0.25) is 0 Å². The molecule has 0 spiro atoms. The van der Waals surface area contributed by atoms with Crippen LogP contribution in [-0.2, 0) is 10.8 Å². The minimum Gasteiger partial charge on any atom is -0.317 e. The Balaban J connectivity index is 0.00000576. The molecule has 0 aliphatic rings. The van der Waals surface area contributed by atoms with E-state index in [1.54, 1.807) is 0 Å². The molecule has 4 aromatic rings. The van der Waals surface area contributed by atoms with Gasteiger partial charge in [0.1, 0.15) is 0 Å². The van der Waals surface area contributed by atoms with E-state index in [0.29, 0.717) is 0 Å². The molecule has 0 fully saturated rings. The normalized spacial score (nSPS) is 12.0. The van der Waals surface area contributed by atoms with Crippen LogP contribution in [0.3, 0.4) is 0 Å². The topological polar surface area (TPSA) is 12.0 Å². The van der Waals surface area contributed by atoms with E-state index in [1.165, 1.54) is 86.5 Å². The van der Waals surface area contributed by atoms with Crippen LogP contribution in [0.2, 0.25) is 0 Å². The quantitative estimate of drug-likeness (QED) is 0.0950. The maximum atomic E-state index is 3.89. The van der Waals surface area contributed by atoms with Crippen LogP contribution < -0.4 is 5.32 Å². The summed E-state index contributed by atoms with van der Waals surface area (Å²) in [7, 11) is 0. The van der Waals surface area contributed by atoms with Crippen LogP contribution in [0.25, 0.3) is 0 Å². The Hall–Kier alpha value is -2.87. The number of hydrogen-bond acceptors (Lipinski definition) is 1. The predicted molar refractivity (Wildman–Crippen MR) is 203 cm³/mol. The van der Waals surface area contributed by atoms with Crippen molar-refractivity contribution in [3.63, 3.8) is 0 Å². The van der Waals surface area contributed by atoms with E-state index in [2.05, 4.69) is 154 Å². The van der Waals surface area contributed by atoms with Crippen LogP contribution in [0.1, 0.15) is 114 Å². The molecule has 0 saturated heterocycles. The van der Waals surface area contributed by atoms with Crippen LogP contribution in [0, 0.1) is 11.8 Å². The van der Waals surface area contributed by atoms with E-state index < -0.39 is 0 Å². The molecule has 0 aliphatic heterocycles. The zero-order valence-corrected chi connectivity index (χ0v) is 29.9. The fraction of sp³-hybridized carbons (Fsp3) is 0.455. The maximum Gasteiger partial charge on any atom is 0.0203 e. The van der Waals surface area contributed by atoms with E-state index in [1.807, 2.05) is 0 Å². The van der Waals surface area contributed by atoms with Gasteiger partial charge in [-0.3, -0.25) is 0 Å². The monoisotopic (exact) mass is 637 g/mol. The van der Waals surface area contributed by atoms with Gasteiger partial charge in [-0.15, -0.1) is 12.4 Å². The second kappa shape index (κ2) is 19.7. The molecule has 0 bridgehead atoms. The number of nitrogens with one attached hydrogen (secondary N) is 1. The average Bonchev–Trinajstić information content (AvgIpc) is 3.07. The molecule has 0 amide bonds. The SMILES string of the molecule is CC(C)CCCC(CCCNCCCC(CCCC(C)C)(c1ccccc1)c1ccccc1)(c1ccccc1)c1ccccc1.Cl. The van der Waals surface area contributed by atoms with Gasteiger partial charge in [-0.25, -0.2) is 0 Å². The Morgan fingerprint density at radius 3 is 0.935 bits per heavy atom. The highest BCUT2D eigenvalue weighted by molar-refractivity contribution is 5.85. The van der Waals surface area contributed by atoms with E-state index in [4.69, 9.17) is 0 Å². The Morgan fingerprint density at radius 1 is 0.413 bits per heavy atom. The molecule has 4 rings (SSSR count). The third-order valence-corrected chi connectivity index (χ3v) is 9.99.